The van der Waals surface area contributed by atoms with Gasteiger partial charge in [-0.25, -0.2) is 4.98 Å². The highest BCUT2D eigenvalue weighted by atomic mass is 79.9. The summed E-state index contributed by atoms with van der Waals surface area (Å²) in [6.07, 6.45) is 2.29. The van der Waals surface area contributed by atoms with Crippen LogP contribution in [-0.2, 0) is 0 Å². The summed E-state index contributed by atoms with van der Waals surface area (Å²) in [5.41, 5.74) is 5.62. The van der Waals surface area contributed by atoms with E-state index in [0.717, 1.165) is 24.0 Å². The Morgan fingerprint density at radius 1 is 1.50 bits per heavy atom. The number of nitrogens with zero attached hydrogens (tertiary/aromatic N) is 3. The van der Waals surface area contributed by atoms with Crippen LogP contribution in [-0.4, -0.2) is 23.6 Å². The van der Waals surface area contributed by atoms with Crippen LogP contribution in [0.15, 0.2) is 10.7 Å². The maximum Gasteiger partial charge on any atom is 0.228 e. The highest BCUT2D eigenvalue weighted by molar-refractivity contribution is 9.10. The van der Waals surface area contributed by atoms with Crippen molar-refractivity contribution in [1.82, 2.24) is 9.97 Å². The lowest BCUT2D eigenvalue weighted by molar-refractivity contribution is 0.749. The standard InChI is InChI=1S/C9H15BrN4/c1-3-4-5-14(2)9-12-7(10)6-8(11)13-9/h6H,3-5H2,1-2H3,(H2,11,12,13). The minimum atomic E-state index is 0.491. The lowest BCUT2D eigenvalue weighted by Crippen LogP contribution is -2.21. The van der Waals surface area contributed by atoms with E-state index in [1.54, 1.807) is 6.07 Å². The first-order valence-corrected chi connectivity index (χ1v) is 5.44. The molecule has 1 heterocycles. The van der Waals surface area contributed by atoms with Crippen molar-refractivity contribution in [2.45, 2.75) is 19.8 Å². The van der Waals surface area contributed by atoms with Gasteiger partial charge in [-0.15, -0.1) is 0 Å². The van der Waals surface area contributed by atoms with E-state index >= 15 is 0 Å². The van der Waals surface area contributed by atoms with E-state index < -0.39 is 0 Å². The first-order chi connectivity index (χ1) is 6.63. The molecule has 0 fully saturated rings. The van der Waals surface area contributed by atoms with Gasteiger partial charge in [0.05, 0.1) is 0 Å². The summed E-state index contributed by atoms with van der Waals surface area (Å²) >= 11 is 3.29. The third-order valence-corrected chi connectivity index (χ3v) is 2.30. The molecule has 0 aromatic carbocycles. The molecule has 0 spiro atoms. The van der Waals surface area contributed by atoms with Crippen LogP contribution in [0.4, 0.5) is 11.8 Å². The largest absolute Gasteiger partial charge is 0.383 e. The Morgan fingerprint density at radius 3 is 2.79 bits per heavy atom. The van der Waals surface area contributed by atoms with Gasteiger partial charge < -0.3 is 10.6 Å². The van der Waals surface area contributed by atoms with Gasteiger partial charge in [-0.2, -0.15) is 4.98 Å². The zero-order valence-corrected chi connectivity index (χ0v) is 10.1. The lowest BCUT2D eigenvalue weighted by Gasteiger charge is -2.16. The number of aromatic nitrogens is 2. The molecule has 0 aliphatic rings. The number of hydrogen-bond donors (Lipinski definition) is 1. The van der Waals surface area contributed by atoms with Crippen molar-refractivity contribution < 1.29 is 0 Å². The Balaban J connectivity index is 2.73. The summed E-state index contributed by atoms with van der Waals surface area (Å²) in [4.78, 5) is 10.4. The molecule has 4 nitrogen and oxygen atoms in total. The van der Waals surface area contributed by atoms with E-state index in [0.29, 0.717) is 11.8 Å². The number of anilines is 2. The van der Waals surface area contributed by atoms with Gasteiger partial charge in [-0.3, -0.25) is 0 Å². The lowest BCUT2D eigenvalue weighted by atomic mass is 10.3. The highest BCUT2D eigenvalue weighted by Gasteiger charge is 2.05. The van der Waals surface area contributed by atoms with E-state index in [1.165, 1.54) is 0 Å². The Labute approximate surface area is 92.7 Å². The SMILES string of the molecule is CCCCN(C)c1nc(N)cc(Br)n1. The second kappa shape index (κ2) is 5.14. The molecule has 0 aliphatic heterocycles. The molecule has 0 saturated carbocycles. The summed E-state index contributed by atoms with van der Waals surface area (Å²) in [5, 5.41) is 0. The van der Waals surface area contributed by atoms with Crippen LogP contribution >= 0.6 is 15.9 Å². The van der Waals surface area contributed by atoms with Gasteiger partial charge in [-0.1, -0.05) is 13.3 Å². The van der Waals surface area contributed by atoms with Gasteiger partial charge in [-0.05, 0) is 22.4 Å². The van der Waals surface area contributed by atoms with Crippen molar-refractivity contribution in [3.8, 4) is 0 Å². The molecular weight excluding hydrogens is 244 g/mol. The van der Waals surface area contributed by atoms with Crippen LogP contribution in [0.1, 0.15) is 19.8 Å². The number of nitrogen functional groups attached to an aromatic ring is 1. The first-order valence-electron chi connectivity index (χ1n) is 4.64. The summed E-state index contributed by atoms with van der Waals surface area (Å²) in [5.74, 6) is 1.16. The van der Waals surface area contributed by atoms with E-state index in [2.05, 4.69) is 32.8 Å². The van der Waals surface area contributed by atoms with E-state index in [9.17, 15) is 0 Å². The molecule has 1 aromatic heterocycles. The Hall–Kier alpha value is -0.840. The van der Waals surface area contributed by atoms with Crippen LogP contribution in [0, 0.1) is 0 Å². The predicted octanol–water partition coefficient (Wildman–Crippen LogP) is 2.06. The number of rotatable bonds is 4. The summed E-state index contributed by atoms with van der Waals surface area (Å²) in [7, 11) is 1.97. The van der Waals surface area contributed by atoms with Gasteiger partial charge in [0.25, 0.3) is 0 Å². The van der Waals surface area contributed by atoms with Crippen LogP contribution < -0.4 is 10.6 Å². The summed E-state index contributed by atoms with van der Waals surface area (Å²) in [6, 6.07) is 1.69. The third-order valence-electron chi connectivity index (χ3n) is 1.89. The van der Waals surface area contributed by atoms with Crippen molar-refractivity contribution >= 4 is 27.7 Å². The Bertz CT molecular complexity index is 283. The molecule has 0 amide bonds. The molecule has 0 atom stereocenters. The minimum Gasteiger partial charge on any atom is -0.383 e. The van der Waals surface area contributed by atoms with Crippen LogP contribution in [0.2, 0.25) is 0 Å². The quantitative estimate of drug-likeness (QED) is 0.841. The number of halogens is 1. The molecule has 1 rings (SSSR count). The fraction of sp³-hybridized carbons (Fsp3) is 0.556. The monoisotopic (exact) mass is 258 g/mol. The molecule has 1 aromatic rings. The summed E-state index contributed by atoms with van der Waals surface area (Å²) in [6.45, 7) is 3.11. The maximum absolute atomic E-state index is 5.62. The van der Waals surface area contributed by atoms with Crippen molar-refractivity contribution in [3.05, 3.63) is 10.7 Å². The van der Waals surface area contributed by atoms with Crippen molar-refractivity contribution in [3.63, 3.8) is 0 Å². The fourth-order valence-electron chi connectivity index (χ4n) is 1.09. The smallest absolute Gasteiger partial charge is 0.228 e. The molecule has 0 aliphatic carbocycles. The van der Waals surface area contributed by atoms with Crippen molar-refractivity contribution in [2.75, 3.05) is 24.2 Å². The van der Waals surface area contributed by atoms with E-state index in [4.69, 9.17) is 5.73 Å². The zero-order valence-electron chi connectivity index (χ0n) is 8.50. The molecule has 2 N–H and O–H groups in total. The van der Waals surface area contributed by atoms with Gasteiger partial charge in [0, 0.05) is 19.7 Å². The predicted molar refractivity (Wildman–Crippen MR) is 62.3 cm³/mol. The van der Waals surface area contributed by atoms with Crippen LogP contribution in [0.3, 0.4) is 0 Å². The second-order valence-electron chi connectivity index (χ2n) is 3.19. The Kier molecular flexibility index (Phi) is 4.13. The normalized spacial score (nSPS) is 10.2. The fourth-order valence-corrected chi connectivity index (χ4v) is 1.48. The highest BCUT2D eigenvalue weighted by Crippen LogP contribution is 2.14. The van der Waals surface area contributed by atoms with Crippen LogP contribution in [0.25, 0.3) is 0 Å². The van der Waals surface area contributed by atoms with Gasteiger partial charge in [0.2, 0.25) is 5.95 Å². The molecule has 0 radical (unpaired) electrons. The number of nitrogens with two attached hydrogens (primary N) is 1. The molecule has 78 valence electrons. The summed E-state index contributed by atoms with van der Waals surface area (Å²) < 4.78 is 0.725. The molecular formula is C9H15BrN4. The number of unbranched alkanes of at least 4 members (excludes halogenated alkanes) is 1. The number of hydrogen-bond acceptors (Lipinski definition) is 4. The molecule has 0 bridgehead atoms. The van der Waals surface area contributed by atoms with Crippen molar-refractivity contribution in [1.29, 1.82) is 0 Å². The van der Waals surface area contributed by atoms with Gasteiger partial charge in [0.15, 0.2) is 0 Å². The maximum atomic E-state index is 5.62. The first kappa shape index (κ1) is 11.2. The van der Waals surface area contributed by atoms with E-state index in [-0.39, 0.29) is 0 Å². The third kappa shape index (κ3) is 3.14. The Morgan fingerprint density at radius 2 is 2.21 bits per heavy atom. The zero-order chi connectivity index (χ0) is 10.6. The topological polar surface area (TPSA) is 55.0 Å². The second-order valence-corrected chi connectivity index (χ2v) is 4.00. The molecule has 0 unspecified atom stereocenters. The van der Waals surface area contributed by atoms with Crippen LogP contribution in [0.5, 0.6) is 0 Å². The van der Waals surface area contributed by atoms with Crippen molar-refractivity contribution in [2.24, 2.45) is 0 Å². The minimum absolute atomic E-state index is 0.491. The molecule has 5 heteroatoms. The average Bonchev–Trinajstić information content (AvgIpc) is 2.12. The van der Waals surface area contributed by atoms with E-state index in [1.807, 2.05) is 11.9 Å². The molecule has 0 saturated heterocycles. The molecule has 14 heavy (non-hydrogen) atoms. The van der Waals surface area contributed by atoms with Gasteiger partial charge >= 0.3 is 0 Å². The average molecular weight is 259 g/mol. The van der Waals surface area contributed by atoms with Gasteiger partial charge in [0.1, 0.15) is 10.4 Å².